The molecule has 0 saturated heterocycles. The van der Waals surface area contributed by atoms with Crippen LogP contribution in [-0.2, 0) is 21.8 Å². The number of nitrogens with one attached hydrogen (secondary N) is 1. The van der Waals surface area contributed by atoms with Crippen LogP contribution in [0.2, 0.25) is 0 Å². The van der Waals surface area contributed by atoms with E-state index >= 15 is 0 Å². The fourth-order valence-corrected chi connectivity index (χ4v) is 2.59. The van der Waals surface area contributed by atoms with Gasteiger partial charge in [0.25, 0.3) is 5.69 Å². The van der Waals surface area contributed by atoms with Crippen LogP contribution in [-0.4, -0.2) is 24.6 Å². The van der Waals surface area contributed by atoms with Crippen molar-refractivity contribution >= 4 is 21.2 Å². The van der Waals surface area contributed by atoms with E-state index in [0.29, 0.717) is 11.7 Å². The number of aromatic nitrogens is 1. The molecule has 0 aliphatic heterocycles. The fourth-order valence-electron chi connectivity index (χ4n) is 1.95. The molecule has 0 fully saturated rings. The largest absolute Gasteiger partial charge is 0.443 e. The maximum Gasteiger partial charge on any atom is 0.293 e. The van der Waals surface area contributed by atoms with Crippen molar-refractivity contribution in [2.24, 2.45) is 0 Å². The number of rotatable bonds is 5. The summed E-state index contributed by atoms with van der Waals surface area (Å²) in [6, 6.07) is 3.72. The van der Waals surface area contributed by atoms with Gasteiger partial charge >= 0.3 is 0 Å². The Balaban J connectivity index is 2.24. The van der Waals surface area contributed by atoms with Crippen LogP contribution in [0.15, 0.2) is 33.7 Å². The van der Waals surface area contributed by atoms with Crippen LogP contribution in [0.3, 0.4) is 0 Å². The zero-order valence-corrected chi connectivity index (χ0v) is 14.7. The van der Waals surface area contributed by atoms with E-state index < -0.39 is 14.8 Å². The van der Waals surface area contributed by atoms with Gasteiger partial charge in [0.1, 0.15) is 11.4 Å². The number of nitro groups is 1. The molecule has 0 atom stereocenters. The number of hydrogen-bond donors (Lipinski definition) is 1. The molecule has 0 saturated carbocycles. The topological polar surface area (TPSA) is 115 Å². The number of anilines is 1. The van der Waals surface area contributed by atoms with Crippen molar-refractivity contribution in [1.29, 1.82) is 0 Å². The molecule has 2 aromatic rings. The number of hydrogen-bond acceptors (Lipinski definition) is 7. The smallest absolute Gasteiger partial charge is 0.293 e. The molecule has 9 heteroatoms. The molecule has 130 valence electrons. The monoisotopic (exact) mass is 353 g/mol. The Morgan fingerprint density at radius 2 is 2.00 bits per heavy atom. The molecule has 0 spiro atoms. The molecule has 0 unspecified atom stereocenters. The maximum atomic E-state index is 11.5. The van der Waals surface area contributed by atoms with Crippen LogP contribution >= 0.6 is 0 Å². The highest BCUT2D eigenvalue weighted by molar-refractivity contribution is 7.90. The number of nitro benzene ring substituents is 1. The molecule has 1 heterocycles. The van der Waals surface area contributed by atoms with Gasteiger partial charge < -0.3 is 9.73 Å². The average Bonchev–Trinajstić information content (AvgIpc) is 2.92. The minimum atomic E-state index is -3.52. The highest BCUT2D eigenvalue weighted by atomic mass is 32.2. The van der Waals surface area contributed by atoms with Crippen molar-refractivity contribution in [2.45, 2.75) is 37.6 Å². The molecule has 1 N–H and O–H groups in total. The molecule has 0 aliphatic carbocycles. The summed E-state index contributed by atoms with van der Waals surface area (Å²) in [6.07, 6.45) is 2.62. The Morgan fingerprint density at radius 1 is 1.33 bits per heavy atom. The first kappa shape index (κ1) is 17.9. The lowest BCUT2D eigenvalue weighted by atomic mass is 9.94. The Labute approximate surface area is 140 Å². The Hall–Kier alpha value is -2.42. The summed E-state index contributed by atoms with van der Waals surface area (Å²) in [5.41, 5.74) is -0.308. The second kappa shape index (κ2) is 6.23. The zero-order valence-electron chi connectivity index (χ0n) is 13.9. The van der Waals surface area contributed by atoms with Crippen molar-refractivity contribution in [2.75, 3.05) is 11.6 Å². The lowest BCUT2D eigenvalue weighted by molar-refractivity contribution is -0.384. The van der Waals surface area contributed by atoms with Gasteiger partial charge in [-0.05, 0) is 12.1 Å². The van der Waals surface area contributed by atoms with Crippen molar-refractivity contribution in [1.82, 2.24) is 4.98 Å². The quantitative estimate of drug-likeness (QED) is 0.649. The molecule has 1 aromatic carbocycles. The SMILES string of the molecule is CC(C)(C)c1cnc(CNc2ccc(S(C)(=O)=O)cc2[N+](=O)[O-])o1. The van der Waals surface area contributed by atoms with E-state index in [0.717, 1.165) is 12.3 Å². The van der Waals surface area contributed by atoms with E-state index in [9.17, 15) is 18.5 Å². The molecule has 0 amide bonds. The van der Waals surface area contributed by atoms with E-state index in [1.165, 1.54) is 12.1 Å². The van der Waals surface area contributed by atoms with Gasteiger partial charge in [0.15, 0.2) is 9.84 Å². The van der Waals surface area contributed by atoms with Gasteiger partial charge in [0.05, 0.1) is 22.6 Å². The fraction of sp³-hybridized carbons (Fsp3) is 0.400. The lowest BCUT2D eigenvalue weighted by Crippen LogP contribution is -2.09. The Morgan fingerprint density at radius 3 is 2.50 bits per heavy atom. The number of sulfone groups is 1. The predicted molar refractivity (Wildman–Crippen MR) is 88.7 cm³/mol. The van der Waals surface area contributed by atoms with Crippen LogP contribution in [0.25, 0.3) is 0 Å². The molecule has 8 nitrogen and oxygen atoms in total. The predicted octanol–water partition coefficient (Wildman–Crippen LogP) is 2.90. The van der Waals surface area contributed by atoms with Gasteiger partial charge in [0.2, 0.25) is 5.89 Å². The van der Waals surface area contributed by atoms with E-state index in [4.69, 9.17) is 4.42 Å². The third-order valence-corrected chi connectivity index (χ3v) is 4.43. The number of oxazole rings is 1. The summed E-state index contributed by atoms with van der Waals surface area (Å²) in [5.74, 6) is 1.10. The minimum Gasteiger partial charge on any atom is -0.443 e. The van der Waals surface area contributed by atoms with E-state index in [-0.39, 0.29) is 28.2 Å². The summed E-state index contributed by atoms with van der Waals surface area (Å²) in [5, 5.41) is 14.0. The molecular formula is C15H19N3O5S. The second-order valence-corrected chi connectivity index (χ2v) is 8.45. The molecule has 24 heavy (non-hydrogen) atoms. The molecule has 0 radical (unpaired) electrons. The Bertz CT molecular complexity index is 865. The van der Waals surface area contributed by atoms with Gasteiger partial charge in [-0.15, -0.1) is 0 Å². The van der Waals surface area contributed by atoms with E-state index in [1.54, 1.807) is 6.20 Å². The zero-order chi connectivity index (χ0) is 18.1. The molecule has 0 aliphatic rings. The maximum absolute atomic E-state index is 11.5. The highest BCUT2D eigenvalue weighted by Gasteiger charge is 2.21. The standard InChI is InChI=1S/C15H19N3O5S/c1-15(2,3)13-8-17-14(23-13)9-16-11-6-5-10(24(4,21)22)7-12(11)18(19)20/h5-8,16H,9H2,1-4H3. The second-order valence-electron chi connectivity index (χ2n) is 6.43. The van der Waals surface area contributed by atoms with Crippen LogP contribution in [0.4, 0.5) is 11.4 Å². The van der Waals surface area contributed by atoms with E-state index in [1.807, 2.05) is 20.8 Å². The summed E-state index contributed by atoms with van der Waals surface area (Å²) in [4.78, 5) is 14.6. The minimum absolute atomic E-state index is 0.106. The van der Waals surface area contributed by atoms with Crippen molar-refractivity contribution in [3.8, 4) is 0 Å². The van der Waals surface area contributed by atoms with Gasteiger partial charge in [-0.1, -0.05) is 20.8 Å². The van der Waals surface area contributed by atoms with Gasteiger partial charge in [-0.25, -0.2) is 13.4 Å². The molecule has 2 rings (SSSR count). The summed E-state index contributed by atoms with van der Waals surface area (Å²) in [6.45, 7) is 6.10. The van der Waals surface area contributed by atoms with Crippen molar-refractivity contribution < 1.29 is 17.8 Å². The first-order chi connectivity index (χ1) is 11.0. The van der Waals surface area contributed by atoms with Crippen LogP contribution in [0.1, 0.15) is 32.4 Å². The first-order valence-corrected chi connectivity index (χ1v) is 9.05. The number of benzene rings is 1. The molecule has 1 aromatic heterocycles. The molecular weight excluding hydrogens is 334 g/mol. The lowest BCUT2D eigenvalue weighted by Gasteiger charge is -2.13. The van der Waals surface area contributed by atoms with Crippen LogP contribution in [0.5, 0.6) is 0 Å². The highest BCUT2D eigenvalue weighted by Crippen LogP contribution is 2.28. The average molecular weight is 353 g/mol. The molecule has 0 bridgehead atoms. The van der Waals surface area contributed by atoms with Crippen LogP contribution < -0.4 is 5.32 Å². The van der Waals surface area contributed by atoms with Gasteiger partial charge in [-0.3, -0.25) is 10.1 Å². The Kier molecular flexibility index (Phi) is 4.66. The first-order valence-electron chi connectivity index (χ1n) is 7.16. The summed E-state index contributed by atoms with van der Waals surface area (Å²) < 4.78 is 28.7. The normalized spacial score (nSPS) is 12.2. The van der Waals surface area contributed by atoms with Crippen molar-refractivity contribution in [3.63, 3.8) is 0 Å². The van der Waals surface area contributed by atoms with E-state index in [2.05, 4.69) is 10.3 Å². The van der Waals surface area contributed by atoms with Gasteiger partial charge in [0, 0.05) is 17.7 Å². The summed E-state index contributed by atoms with van der Waals surface area (Å²) in [7, 11) is -3.52. The third kappa shape index (κ3) is 4.10. The third-order valence-electron chi connectivity index (χ3n) is 3.32. The summed E-state index contributed by atoms with van der Waals surface area (Å²) >= 11 is 0. The van der Waals surface area contributed by atoms with Crippen LogP contribution in [0, 0.1) is 10.1 Å². The number of nitrogens with zero attached hydrogens (tertiary/aromatic N) is 2. The van der Waals surface area contributed by atoms with Gasteiger partial charge in [-0.2, -0.15) is 0 Å². The van der Waals surface area contributed by atoms with Crippen molar-refractivity contribution in [3.05, 3.63) is 46.2 Å².